The second kappa shape index (κ2) is 7.73. The monoisotopic (exact) mass is 294 g/mol. The summed E-state index contributed by atoms with van der Waals surface area (Å²) in [5, 5.41) is 2.90. The summed E-state index contributed by atoms with van der Waals surface area (Å²) in [6.45, 7) is 2.22. The van der Waals surface area contributed by atoms with Crippen LogP contribution in [0.1, 0.15) is 12.0 Å². The number of rotatable bonds is 7. The summed E-state index contributed by atoms with van der Waals surface area (Å²) < 4.78 is 15.6. The van der Waals surface area contributed by atoms with Crippen LogP contribution in [0, 0.1) is 0 Å². The van der Waals surface area contributed by atoms with Gasteiger partial charge in [-0.2, -0.15) is 0 Å². The number of nitrogens with one attached hydrogen (secondary N) is 1. The van der Waals surface area contributed by atoms with Gasteiger partial charge in [0, 0.05) is 33.9 Å². The maximum Gasteiger partial charge on any atom is 0.317 e. The van der Waals surface area contributed by atoms with E-state index in [1.54, 1.807) is 19.1 Å². The average molecular weight is 294 g/mol. The van der Waals surface area contributed by atoms with E-state index in [9.17, 15) is 4.79 Å². The second-order valence-corrected chi connectivity index (χ2v) is 4.94. The molecule has 1 N–H and O–H groups in total. The number of ether oxygens (including phenoxy) is 3. The van der Waals surface area contributed by atoms with E-state index < -0.39 is 0 Å². The molecule has 1 aliphatic heterocycles. The van der Waals surface area contributed by atoms with Crippen molar-refractivity contribution in [1.82, 2.24) is 10.2 Å². The molecule has 0 atom stereocenters. The summed E-state index contributed by atoms with van der Waals surface area (Å²) >= 11 is 0. The summed E-state index contributed by atoms with van der Waals surface area (Å²) in [5.74, 6) is 1.55. The molecule has 0 radical (unpaired) electrons. The lowest BCUT2D eigenvalue weighted by Crippen LogP contribution is -2.38. The third kappa shape index (κ3) is 4.53. The largest absolute Gasteiger partial charge is 0.454 e. The molecule has 0 aliphatic carbocycles. The van der Waals surface area contributed by atoms with Crippen molar-refractivity contribution < 1.29 is 19.0 Å². The van der Waals surface area contributed by atoms with Crippen LogP contribution in [0.15, 0.2) is 18.2 Å². The van der Waals surface area contributed by atoms with Crippen molar-refractivity contribution in [1.29, 1.82) is 0 Å². The molecule has 0 fully saturated rings. The molecule has 0 aromatic heterocycles. The zero-order chi connectivity index (χ0) is 15.1. The van der Waals surface area contributed by atoms with E-state index in [-0.39, 0.29) is 12.8 Å². The molecule has 0 bridgehead atoms. The van der Waals surface area contributed by atoms with Gasteiger partial charge >= 0.3 is 6.03 Å². The number of amides is 2. The van der Waals surface area contributed by atoms with E-state index in [2.05, 4.69) is 5.32 Å². The van der Waals surface area contributed by atoms with E-state index in [0.717, 1.165) is 29.9 Å². The standard InChI is InChI=1S/C15H22N2O4/c1-17(8-3-9-19-2)15(18)16-7-6-12-4-5-13-14(10-12)21-11-20-13/h4-5,10H,3,6-9,11H2,1-2H3,(H,16,18). The van der Waals surface area contributed by atoms with Crippen molar-refractivity contribution in [2.24, 2.45) is 0 Å². The Hall–Kier alpha value is -1.95. The number of nitrogens with zero attached hydrogens (tertiary/aromatic N) is 1. The highest BCUT2D eigenvalue weighted by Gasteiger charge is 2.13. The molecular weight excluding hydrogens is 272 g/mol. The van der Waals surface area contributed by atoms with E-state index in [4.69, 9.17) is 14.2 Å². The molecule has 0 spiro atoms. The number of hydrogen-bond donors (Lipinski definition) is 1. The number of benzene rings is 1. The Morgan fingerprint density at radius 3 is 3.00 bits per heavy atom. The minimum atomic E-state index is -0.0631. The molecule has 0 unspecified atom stereocenters. The van der Waals surface area contributed by atoms with Gasteiger partial charge in [-0.05, 0) is 30.5 Å². The maximum absolute atomic E-state index is 11.8. The quantitative estimate of drug-likeness (QED) is 0.777. The van der Waals surface area contributed by atoms with Crippen molar-refractivity contribution in [3.05, 3.63) is 23.8 Å². The summed E-state index contributed by atoms with van der Waals surface area (Å²) in [6.07, 6.45) is 1.59. The first-order chi connectivity index (χ1) is 10.2. The lowest BCUT2D eigenvalue weighted by molar-refractivity contribution is 0.174. The fourth-order valence-electron chi connectivity index (χ4n) is 2.09. The fraction of sp³-hybridized carbons (Fsp3) is 0.533. The van der Waals surface area contributed by atoms with Gasteiger partial charge in [0.15, 0.2) is 11.5 Å². The Morgan fingerprint density at radius 2 is 2.19 bits per heavy atom. The Bertz CT molecular complexity index is 479. The average Bonchev–Trinajstić information content (AvgIpc) is 2.94. The highest BCUT2D eigenvalue weighted by molar-refractivity contribution is 5.73. The highest BCUT2D eigenvalue weighted by Crippen LogP contribution is 2.32. The van der Waals surface area contributed by atoms with Gasteiger partial charge in [-0.15, -0.1) is 0 Å². The highest BCUT2D eigenvalue weighted by atomic mass is 16.7. The number of carbonyl (C=O) groups is 1. The molecule has 1 heterocycles. The van der Waals surface area contributed by atoms with Crippen LogP contribution in [-0.2, 0) is 11.2 Å². The zero-order valence-corrected chi connectivity index (χ0v) is 12.6. The van der Waals surface area contributed by atoms with E-state index in [1.807, 2.05) is 18.2 Å². The molecule has 1 aromatic rings. The molecule has 21 heavy (non-hydrogen) atoms. The molecule has 1 aliphatic rings. The molecule has 6 heteroatoms. The van der Waals surface area contributed by atoms with Gasteiger partial charge in [-0.3, -0.25) is 0 Å². The molecule has 116 valence electrons. The minimum absolute atomic E-state index is 0.0631. The predicted octanol–water partition coefficient (Wildman–Crippen LogP) is 1.64. The Labute approximate surface area is 125 Å². The van der Waals surface area contributed by atoms with Crippen LogP contribution in [0.3, 0.4) is 0 Å². The van der Waals surface area contributed by atoms with Gasteiger partial charge in [0.2, 0.25) is 6.79 Å². The van der Waals surface area contributed by atoms with Gasteiger partial charge in [-0.1, -0.05) is 6.07 Å². The Morgan fingerprint density at radius 1 is 1.38 bits per heavy atom. The summed E-state index contributed by atoms with van der Waals surface area (Å²) in [5.41, 5.74) is 1.11. The lowest BCUT2D eigenvalue weighted by Gasteiger charge is -2.17. The molecule has 2 rings (SSSR count). The van der Waals surface area contributed by atoms with Gasteiger partial charge < -0.3 is 24.4 Å². The Balaban J connectivity index is 1.70. The van der Waals surface area contributed by atoms with Gasteiger partial charge in [0.25, 0.3) is 0 Å². The first kappa shape index (κ1) is 15.4. The van der Waals surface area contributed by atoms with Gasteiger partial charge in [0.1, 0.15) is 0 Å². The molecule has 0 saturated carbocycles. The van der Waals surface area contributed by atoms with Crippen molar-refractivity contribution in [3.63, 3.8) is 0 Å². The van der Waals surface area contributed by atoms with Gasteiger partial charge in [0.05, 0.1) is 0 Å². The van der Waals surface area contributed by atoms with Crippen molar-refractivity contribution in [3.8, 4) is 11.5 Å². The van der Waals surface area contributed by atoms with E-state index >= 15 is 0 Å². The third-order valence-corrected chi connectivity index (χ3v) is 3.32. The van der Waals surface area contributed by atoms with Gasteiger partial charge in [-0.25, -0.2) is 4.79 Å². The van der Waals surface area contributed by atoms with E-state index in [0.29, 0.717) is 19.7 Å². The molecule has 6 nitrogen and oxygen atoms in total. The predicted molar refractivity (Wildman–Crippen MR) is 78.8 cm³/mol. The van der Waals surface area contributed by atoms with Crippen molar-refractivity contribution >= 4 is 6.03 Å². The van der Waals surface area contributed by atoms with E-state index in [1.165, 1.54) is 0 Å². The van der Waals surface area contributed by atoms with Crippen LogP contribution in [0.2, 0.25) is 0 Å². The van der Waals surface area contributed by atoms with Crippen molar-refractivity contribution in [2.75, 3.05) is 40.6 Å². The number of urea groups is 1. The summed E-state index contributed by atoms with van der Waals surface area (Å²) in [6, 6.07) is 5.78. The van der Waals surface area contributed by atoms with Crippen LogP contribution in [0.4, 0.5) is 4.79 Å². The lowest BCUT2D eigenvalue weighted by atomic mass is 10.1. The zero-order valence-electron chi connectivity index (χ0n) is 12.6. The maximum atomic E-state index is 11.8. The normalized spacial score (nSPS) is 12.3. The van der Waals surface area contributed by atoms with Crippen LogP contribution in [0.5, 0.6) is 11.5 Å². The molecular formula is C15H22N2O4. The molecule has 2 amide bonds. The number of carbonyl (C=O) groups excluding carboxylic acids is 1. The first-order valence-corrected chi connectivity index (χ1v) is 7.07. The number of fused-ring (bicyclic) bond motifs is 1. The van der Waals surface area contributed by atoms with Crippen molar-refractivity contribution in [2.45, 2.75) is 12.8 Å². The summed E-state index contributed by atoms with van der Waals surface area (Å²) in [4.78, 5) is 13.5. The minimum Gasteiger partial charge on any atom is -0.454 e. The van der Waals surface area contributed by atoms with Crippen LogP contribution < -0.4 is 14.8 Å². The molecule has 0 saturated heterocycles. The SMILES string of the molecule is COCCCN(C)C(=O)NCCc1ccc2c(c1)OCO2. The Kier molecular flexibility index (Phi) is 5.68. The first-order valence-electron chi connectivity index (χ1n) is 7.07. The number of methoxy groups -OCH3 is 1. The third-order valence-electron chi connectivity index (χ3n) is 3.32. The van der Waals surface area contributed by atoms with Crippen LogP contribution in [0.25, 0.3) is 0 Å². The molecule has 1 aromatic carbocycles. The summed E-state index contributed by atoms with van der Waals surface area (Å²) in [7, 11) is 3.44. The topological polar surface area (TPSA) is 60.0 Å². The second-order valence-electron chi connectivity index (χ2n) is 4.94. The fourth-order valence-corrected chi connectivity index (χ4v) is 2.09. The van der Waals surface area contributed by atoms with Crippen LogP contribution in [-0.4, -0.2) is 51.6 Å². The number of hydrogen-bond acceptors (Lipinski definition) is 4. The van der Waals surface area contributed by atoms with Crippen LogP contribution >= 0.6 is 0 Å². The smallest absolute Gasteiger partial charge is 0.317 e.